The molecule has 0 aromatic heterocycles. The molecule has 15 heavy (non-hydrogen) atoms. The van der Waals surface area contributed by atoms with Crippen molar-refractivity contribution in [3.8, 4) is 0 Å². The minimum absolute atomic E-state index is 0.424. The van der Waals surface area contributed by atoms with Crippen LogP contribution in [0.15, 0.2) is 30.3 Å². The number of nitrogens with one attached hydrogen (secondary N) is 1. The minimum Gasteiger partial charge on any atom is -0.807 e. The molecule has 0 spiro atoms. The summed E-state index contributed by atoms with van der Waals surface area (Å²) in [6, 6.07) is 7.32. The second-order valence-corrected chi connectivity index (χ2v) is 6.48. The van der Waals surface area contributed by atoms with Crippen molar-refractivity contribution >= 4 is 29.5 Å². The number of hydrogen-bond acceptors (Lipinski definition) is 4. The standard InChI is InChI=1S/C9H12NO3PS/c1-7(9(11)12)10-14(13,15)8-5-3-2-4-6-8/h2-7H,1H3,(H,11,12)(H2,10,13,15)/p-2. The molecule has 1 aromatic rings. The van der Waals surface area contributed by atoms with E-state index in [1.165, 1.54) is 6.92 Å². The molecule has 82 valence electrons. The summed E-state index contributed by atoms with van der Waals surface area (Å²) in [6.07, 6.45) is -3.24. The zero-order valence-corrected chi connectivity index (χ0v) is 9.76. The van der Waals surface area contributed by atoms with E-state index in [-0.39, 0.29) is 0 Å². The molecule has 1 N–H and O–H groups in total. The molecule has 0 saturated heterocycles. The first-order chi connectivity index (χ1) is 6.93. The molecule has 2 atom stereocenters. The van der Waals surface area contributed by atoms with Gasteiger partial charge in [-0.2, -0.15) is 0 Å². The summed E-state index contributed by atoms with van der Waals surface area (Å²) in [6.45, 7) is 1.34. The normalized spacial score (nSPS) is 16.7. The van der Waals surface area contributed by atoms with Crippen molar-refractivity contribution in [2.75, 3.05) is 0 Å². The Morgan fingerprint density at radius 3 is 2.47 bits per heavy atom. The Labute approximate surface area is 93.1 Å². The van der Waals surface area contributed by atoms with Crippen molar-refractivity contribution in [3.05, 3.63) is 30.3 Å². The lowest BCUT2D eigenvalue weighted by molar-refractivity contribution is -0.307. The summed E-state index contributed by atoms with van der Waals surface area (Å²) in [4.78, 5) is 22.4. The summed E-state index contributed by atoms with van der Waals surface area (Å²) in [5, 5.41) is 13.3. The van der Waals surface area contributed by atoms with E-state index in [2.05, 4.69) is 5.09 Å². The van der Waals surface area contributed by atoms with Gasteiger partial charge in [0.15, 0.2) is 0 Å². The smallest absolute Gasteiger partial charge is 0.0584 e. The van der Waals surface area contributed by atoms with Crippen LogP contribution in [0.2, 0.25) is 0 Å². The van der Waals surface area contributed by atoms with Gasteiger partial charge in [-0.3, -0.25) is 5.09 Å². The highest BCUT2D eigenvalue weighted by molar-refractivity contribution is 8.13. The van der Waals surface area contributed by atoms with Gasteiger partial charge < -0.3 is 14.8 Å². The average Bonchev–Trinajstić information content (AvgIpc) is 2.18. The van der Waals surface area contributed by atoms with Crippen LogP contribution < -0.4 is 20.4 Å². The van der Waals surface area contributed by atoms with Crippen LogP contribution >= 0.6 is 6.42 Å². The number of carboxylic acids is 1. The molecule has 1 rings (SSSR count). The van der Waals surface area contributed by atoms with Crippen molar-refractivity contribution in [1.29, 1.82) is 0 Å². The molecule has 0 bridgehead atoms. The van der Waals surface area contributed by atoms with Gasteiger partial charge in [0, 0.05) is 6.04 Å². The number of carbonyl (C=O) groups excluding carboxylic acids is 1. The molecular weight excluding hydrogens is 233 g/mol. The van der Waals surface area contributed by atoms with Crippen LogP contribution in [0.5, 0.6) is 0 Å². The molecule has 6 heteroatoms. The fourth-order valence-corrected chi connectivity index (χ4v) is 3.17. The van der Waals surface area contributed by atoms with E-state index in [4.69, 9.17) is 11.8 Å². The Morgan fingerprint density at radius 1 is 1.47 bits per heavy atom. The van der Waals surface area contributed by atoms with Crippen LogP contribution in [-0.4, -0.2) is 12.0 Å². The highest BCUT2D eigenvalue weighted by atomic mass is 32.4. The van der Waals surface area contributed by atoms with Crippen molar-refractivity contribution in [2.24, 2.45) is 0 Å². The third kappa shape index (κ3) is 3.39. The predicted octanol–water partition coefficient (Wildman–Crippen LogP) is -1.29. The zero-order chi connectivity index (χ0) is 11.5. The first-order valence-electron chi connectivity index (χ1n) is 4.29. The average molecular weight is 243 g/mol. The molecule has 0 fully saturated rings. The molecule has 0 amide bonds. The number of hydrogen-bond donors (Lipinski definition) is 1. The van der Waals surface area contributed by atoms with E-state index in [0.717, 1.165) is 0 Å². The first kappa shape index (κ1) is 12.3. The summed E-state index contributed by atoms with van der Waals surface area (Å²) < 4.78 is 0. The van der Waals surface area contributed by atoms with E-state index in [1.807, 2.05) is 0 Å². The fourth-order valence-electron chi connectivity index (χ4n) is 1.01. The van der Waals surface area contributed by atoms with Gasteiger partial charge in [0.1, 0.15) is 0 Å². The van der Waals surface area contributed by atoms with Crippen LogP contribution in [0.4, 0.5) is 0 Å². The lowest BCUT2D eigenvalue weighted by atomic mass is 10.4. The predicted molar refractivity (Wildman–Crippen MR) is 58.0 cm³/mol. The maximum Gasteiger partial charge on any atom is 0.0584 e. The highest BCUT2D eigenvalue weighted by Crippen LogP contribution is 2.29. The number of aliphatic carboxylic acids is 1. The number of rotatable bonds is 4. The largest absolute Gasteiger partial charge is 0.807 e. The second-order valence-electron chi connectivity index (χ2n) is 3.06. The van der Waals surface area contributed by atoms with Gasteiger partial charge in [0.25, 0.3) is 0 Å². The van der Waals surface area contributed by atoms with E-state index < -0.39 is 18.4 Å². The molecule has 0 aliphatic carbocycles. The Balaban J connectivity index is 2.85. The molecule has 0 saturated carbocycles. The maximum atomic E-state index is 11.9. The third-order valence-electron chi connectivity index (χ3n) is 1.81. The molecular formula is C9H10NO3PS-2. The number of carbonyl (C=O) groups is 1. The van der Waals surface area contributed by atoms with Crippen LogP contribution in [0.1, 0.15) is 6.92 Å². The van der Waals surface area contributed by atoms with Gasteiger partial charge in [0.05, 0.1) is 5.97 Å². The van der Waals surface area contributed by atoms with Gasteiger partial charge in [-0.15, -0.1) is 0 Å². The van der Waals surface area contributed by atoms with E-state index in [9.17, 15) is 14.8 Å². The minimum atomic E-state index is -3.24. The molecule has 0 aliphatic heterocycles. The Bertz CT molecular complexity index is 396. The Hall–Kier alpha value is -0.740. The SMILES string of the molecule is CC(NP([O-])(=S)c1ccccc1)C(=O)[O-]. The van der Waals surface area contributed by atoms with Crippen molar-refractivity contribution in [3.63, 3.8) is 0 Å². The van der Waals surface area contributed by atoms with Crippen LogP contribution in [0.25, 0.3) is 0 Å². The summed E-state index contributed by atoms with van der Waals surface area (Å²) in [5.41, 5.74) is 0. The maximum absolute atomic E-state index is 11.9. The van der Waals surface area contributed by atoms with Crippen LogP contribution in [-0.2, 0) is 16.6 Å². The summed E-state index contributed by atoms with van der Waals surface area (Å²) in [5.74, 6) is -1.32. The lowest BCUT2D eigenvalue weighted by Crippen LogP contribution is -2.45. The van der Waals surface area contributed by atoms with Crippen molar-refractivity contribution < 1.29 is 14.8 Å². The van der Waals surface area contributed by atoms with Crippen LogP contribution in [0.3, 0.4) is 0 Å². The summed E-state index contributed by atoms with van der Waals surface area (Å²) in [7, 11) is 0. The van der Waals surface area contributed by atoms with Crippen LogP contribution in [0, 0.1) is 0 Å². The van der Waals surface area contributed by atoms with Crippen molar-refractivity contribution in [1.82, 2.24) is 5.09 Å². The quantitative estimate of drug-likeness (QED) is 0.666. The van der Waals surface area contributed by atoms with Gasteiger partial charge >= 0.3 is 0 Å². The molecule has 0 heterocycles. The monoisotopic (exact) mass is 243 g/mol. The van der Waals surface area contributed by atoms with E-state index in [1.54, 1.807) is 30.3 Å². The first-order valence-corrected chi connectivity index (χ1v) is 7.01. The van der Waals surface area contributed by atoms with Gasteiger partial charge in [-0.25, -0.2) is 0 Å². The summed E-state index contributed by atoms with van der Waals surface area (Å²) >= 11 is 4.86. The molecule has 0 radical (unpaired) electrons. The van der Waals surface area contributed by atoms with Gasteiger partial charge in [-0.05, 0) is 18.6 Å². The van der Waals surface area contributed by atoms with E-state index >= 15 is 0 Å². The highest BCUT2D eigenvalue weighted by Gasteiger charge is 2.10. The lowest BCUT2D eigenvalue weighted by Gasteiger charge is -2.33. The number of carboxylic acid groups (broad SMARTS) is 1. The third-order valence-corrected chi connectivity index (χ3v) is 4.47. The molecule has 2 unspecified atom stereocenters. The molecule has 4 nitrogen and oxygen atoms in total. The fraction of sp³-hybridized carbons (Fsp3) is 0.222. The van der Waals surface area contributed by atoms with Crippen molar-refractivity contribution in [2.45, 2.75) is 13.0 Å². The topological polar surface area (TPSA) is 75.2 Å². The second kappa shape index (κ2) is 4.86. The Kier molecular flexibility index (Phi) is 3.99. The number of benzene rings is 1. The van der Waals surface area contributed by atoms with Gasteiger partial charge in [-0.1, -0.05) is 42.1 Å². The molecule has 1 aromatic carbocycles. The van der Waals surface area contributed by atoms with Gasteiger partial charge in [0.2, 0.25) is 0 Å². The zero-order valence-electron chi connectivity index (χ0n) is 8.04. The molecule has 0 aliphatic rings. The Morgan fingerprint density at radius 2 is 2.00 bits per heavy atom. The van der Waals surface area contributed by atoms with E-state index in [0.29, 0.717) is 5.30 Å².